The van der Waals surface area contributed by atoms with E-state index in [1.807, 2.05) is 0 Å². The highest BCUT2D eigenvalue weighted by Crippen LogP contribution is 2.35. The summed E-state index contributed by atoms with van der Waals surface area (Å²) in [5, 5.41) is 15.8. The van der Waals surface area contributed by atoms with Crippen LogP contribution in [-0.4, -0.2) is 36.0 Å². The number of nitro groups is 1. The maximum absolute atomic E-state index is 12.6. The normalized spacial score (nSPS) is 12.2. The molecule has 0 aliphatic heterocycles. The van der Waals surface area contributed by atoms with Gasteiger partial charge in [0.1, 0.15) is 11.7 Å². The average Bonchev–Trinajstić information content (AvgIpc) is 2.51. The van der Waals surface area contributed by atoms with Crippen molar-refractivity contribution in [3.63, 3.8) is 0 Å². The van der Waals surface area contributed by atoms with Gasteiger partial charge in [-0.15, -0.1) is 0 Å². The standard InChI is InChI=1S/C14H16F3N3O5/c1-3-18-12(21)7-25-13(22)8(2)19-10-5-4-9(14(15,16)17)6-11(10)20(23)24/h4-6,8,19H,3,7H2,1-2H3,(H,18,21). The molecule has 1 amide bonds. The molecule has 0 aromatic heterocycles. The second-order valence-electron chi connectivity index (χ2n) is 4.91. The van der Waals surface area contributed by atoms with Crippen molar-refractivity contribution >= 4 is 23.3 Å². The molecule has 1 atom stereocenters. The fourth-order valence-electron chi connectivity index (χ4n) is 1.78. The fraction of sp³-hybridized carbons (Fsp3) is 0.429. The molecule has 0 heterocycles. The summed E-state index contributed by atoms with van der Waals surface area (Å²) in [4.78, 5) is 32.9. The lowest BCUT2D eigenvalue weighted by Gasteiger charge is -2.15. The molecule has 0 radical (unpaired) electrons. The molecule has 11 heteroatoms. The molecular formula is C14H16F3N3O5. The summed E-state index contributed by atoms with van der Waals surface area (Å²) in [7, 11) is 0. The Morgan fingerprint density at radius 3 is 2.52 bits per heavy atom. The lowest BCUT2D eigenvalue weighted by molar-refractivity contribution is -0.384. The van der Waals surface area contributed by atoms with Gasteiger partial charge in [0.05, 0.1) is 10.5 Å². The van der Waals surface area contributed by atoms with Crippen LogP contribution in [0.15, 0.2) is 18.2 Å². The number of anilines is 1. The molecule has 0 saturated heterocycles. The van der Waals surface area contributed by atoms with Gasteiger partial charge in [-0.3, -0.25) is 14.9 Å². The lowest BCUT2D eigenvalue weighted by Crippen LogP contribution is -2.33. The first-order chi connectivity index (χ1) is 11.6. The van der Waals surface area contributed by atoms with Gasteiger partial charge >= 0.3 is 12.1 Å². The van der Waals surface area contributed by atoms with Gasteiger partial charge < -0.3 is 15.4 Å². The first kappa shape index (κ1) is 20.2. The summed E-state index contributed by atoms with van der Waals surface area (Å²) >= 11 is 0. The van der Waals surface area contributed by atoms with Crippen LogP contribution in [0, 0.1) is 10.1 Å². The van der Waals surface area contributed by atoms with Gasteiger partial charge in [0.15, 0.2) is 6.61 Å². The zero-order valence-corrected chi connectivity index (χ0v) is 13.3. The van der Waals surface area contributed by atoms with Crippen LogP contribution in [0.25, 0.3) is 0 Å². The number of carbonyl (C=O) groups excluding carboxylic acids is 2. The second-order valence-corrected chi connectivity index (χ2v) is 4.91. The maximum atomic E-state index is 12.6. The maximum Gasteiger partial charge on any atom is 0.416 e. The minimum absolute atomic E-state index is 0.277. The van der Waals surface area contributed by atoms with E-state index in [0.717, 1.165) is 6.07 Å². The minimum Gasteiger partial charge on any atom is -0.454 e. The summed E-state index contributed by atoms with van der Waals surface area (Å²) in [5.74, 6) is -1.41. The molecule has 0 saturated carbocycles. The zero-order chi connectivity index (χ0) is 19.2. The van der Waals surface area contributed by atoms with Crippen LogP contribution in [0.1, 0.15) is 19.4 Å². The number of hydrogen-bond donors (Lipinski definition) is 2. The molecule has 0 aliphatic rings. The van der Waals surface area contributed by atoms with Crippen LogP contribution >= 0.6 is 0 Å². The molecule has 138 valence electrons. The molecule has 8 nitrogen and oxygen atoms in total. The van der Waals surface area contributed by atoms with E-state index in [1.54, 1.807) is 6.92 Å². The van der Waals surface area contributed by atoms with Crippen molar-refractivity contribution < 1.29 is 32.4 Å². The predicted molar refractivity (Wildman–Crippen MR) is 80.8 cm³/mol. The van der Waals surface area contributed by atoms with Crippen LogP contribution < -0.4 is 10.6 Å². The Bertz CT molecular complexity index is 664. The zero-order valence-electron chi connectivity index (χ0n) is 13.3. The number of carbonyl (C=O) groups is 2. The Labute approximate surface area is 140 Å². The smallest absolute Gasteiger partial charge is 0.416 e. The number of alkyl halides is 3. The average molecular weight is 363 g/mol. The molecule has 1 rings (SSSR count). The lowest BCUT2D eigenvalue weighted by atomic mass is 10.1. The molecule has 2 N–H and O–H groups in total. The van der Waals surface area contributed by atoms with Crippen LogP contribution in [0.2, 0.25) is 0 Å². The van der Waals surface area contributed by atoms with Crippen LogP contribution in [0.5, 0.6) is 0 Å². The number of ether oxygens (including phenoxy) is 1. The number of benzene rings is 1. The Balaban J connectivity index is 2.85. The van der Waals surface area contributed by atoms with Crippen molar-refractivity contribution in [3.05, 3.63) is 33.9 Å². The number of rotatable bonds is 7. The van der Waals surface area contributed by atoms with Crippen molar-refractivity contribution in [2.45, 2.75) is 26.1 Å². The van der Waals surface area contributed by atoms with Crippen LogP contribution in [0.3, 0.4) is 0 Å². The third-order valence-electron chi connectivity index (χ3n) is 2.97. The van der Waals surface area contributed by atoms with Crippen LogP contribution in [-0.2, 0) is 20.5 Å². The van der Waals surface area contributed by atoms with Crippen molar-refractivity contribution in [3.8, 4) is 0 Å². The number of halogens is 3. The van der Waals surface area contributed by atoms with Gasteiger partial charge in [0.25, 0.3) is 11.6 Å². The van der Waals surface area contributed by atoms with Crippen LogP contribution in [0.4, 0.5) is 24.5 Å². The van der Waals surface area contributed by atoms with E-state index in [2.05, 4.69) is 10.6 Å². The highest BCUT2D eigenvalue weighted by molar-refractivity contribution is 5.84. The van der Waals surface area contributed by atoms with E-state index in [-0.39, 0.29) is 5.69 Å². The molecule has 1 unspecified atom stereocenters. The number of nitro benzene ring substituents is 1. The Morgan fingerprint density at radius 1 is 1.36 bits per heavy atom. The van der Waals surface area contributed by atoms with E-state index in [1.165, 1.54) is 6.92 Å². The molecule has 0 bridgehead atoms. The van der Waals surface area contributed by atoms with Gasteiger partial charge in [-0.25, -0.2) is 4.79 Å². The van der Waals surface area contributed by atoms with Crippen molar-refractivity contribution in [1.82, 2.24) is 5.32 Å². The van der Waals surface area contributed by atoms with E-state index in [9.17, 15) is 32.9 Å². The molecular weight excluding hydrogens is 347 g/mol. The Morgan fingerprint density at radius 2 is 2.00 bits per heavy atom. The monoisotopic (exact) mass is 363 g/mol. The largest absolute Gasteiger partial charge is 0.454 e. The molecule has 1 aromatic rings. The molecule has 0 spiro atoms. The summed E-state index contributed by atoms with van der Waals surface area (Å²) in [6.07, 6.45) is -4.74. The number of likely N-dealkylation sites (N-methyl/N-ethyl adjacent to an activating group) is 1. The van der Waals surface area contributed by atoms with Gasteiger partial charge in [-0.2, -0.15) is 13.2 Å². The Kier molecular flexibility index (Phi) is 6.71. The first-order valence-electron chi connectivity index (χ1n) is 7.11. The SMILES string of the molecule is CCNC(=O)COC(=O)C(C)Nc1ccc(C(F)(F)F)cc1[N+](=O)[O-]. The second kappa shape index (κ2) is 8.31. The molecule has 1 aromatic carbocycles. The number of esters is 1. The topological polar surface area (TPSA) is 111 Å². The molecule has 25 heavy (non-hydrogen) atoms. The van der Waals surface area contributed by atoms with E-state index in [4.69, 9.17) is 4.74 Å². The highest BCUT2D eigenvalue weighted by Gasteiger charge is 2.33. The van der Waals surface area contributed by atoms with Crippen molar-refractivity contribution in [2.24, 2.45) is 0 Å². The van der Waals surface area contributed by atoms with E-state index >= 15 is 0 Å². The summed E-state index contributed by atoms with van der Waals surface area (Å²) in [6.45, 7) is 2.78. The summed E-state index contributed by atoms with van der Waals surface area (Å²) < 4.78 is 42.6. The summed E-state index contributed by atoms with van der Waals surface area (Å²) in [6, 6.07) is 0.760. The quantitative estimate of drug-likeness (QED) is 0.436. The van der Waals surface area contributed by atoms with Gasteiger partial charge in [0.2, 0.25) is 0 Å². The van der Waals surface area contributed by atoms with E-state index in [0.29, 0.717) is 18.7 Å². The number of nitrogens with zero attached hydrogens (tertiary/aromatic N) is 1. The number of amides is 1. The highest BCUT2D eigenvalue weighted by atomic mass is 19.4. The van der Waals surface area contributed by atoms with E-state index < -0.39 is 46.9 Å². The van der Waals surface area contributed by atoms with Gasteiger partial charge in [0, 0.05) is 12.6 Å². The van der Waals surface area contributed by atoms with Crippen molar-refractivity contribution in [1.29, 1.82) is 0 Å². The minimum atomic E-state index is -4.74. The van der Waals surface area contributed by atoms with Gasteiger partial charge in [-0.1, -0.05) is 0 Å². The third kappa shape index (κ3) is 5.94. The fourth-order valence-corrected chi connectivity index (χ4v) is 1.78. The summed E-state index contributed by atoms with van der Waals surface area (Å²) in [5.41, 5.74) is -2.30. The Hall–Kier alpha value is -2.85. The van der Waals surface area contributed by atoms with Gasteiger partial charge in [-0.05, 0) is 26.0 Å². The predicted octanol–water partition coefficient (Wildman–Crippen LogP) is 2.09. The van der Waals surface area contributed by atoms with Crippen molar-refractivity contribution in [2.75, 3.05) is 18.5 Å². The molecule has 0 fully saturated rings. The molecule has 0 aliphatic carbocycles. The first-order valence-corrected chi connectivity index (χ1v) is 7.11. The number of nitrogens with one attached hydrogen (secondary N) is 2. The number of hydrogen-bond acceptors (Lipinski definition) is 6. The third-order valence-corrected chi connectivity index (χ3v) is 2.97.